The highest BCUT2D eigenvalue weighted by Crippen LogP contribution is 2.20. The van der Waals surface area contributed by atoms with Crippen LogP contribution in [0.1, 0.15) is 13.3 Å². The molecule has 154 valence electrons. The van der Waals surface area contributed by atoms with E-state index in [0.717, 1.165) is 0 Å². The molecule has 2 N–H and O–H groups in total. The quantitative estimate of drug-likeness (QED) is 0.271. The van der Waals surface area contributed by atoms with Crippen molar-refractivity contribution in [3.63, 3.8) is 0 Å². The molecule has 1 fully saturated rings. The zero-order valence-corrected chi connectivity index (χ0v) is 17.6. The van der Waals surface area contributed by atoms with Crippen LogP contribution in [0.3, 0.4) is 0 Å². The highest BCUT2D eigenvalue weighted by molar-refractivity contribution is 14.0. The summed E-state index contributed by atoms with van der Waals surface area (Å²) in [5, 5.41) is 6.16. The molecule has 1 aliphatic rings. The summed E-state index contributed by atoms with van der Waals surface area (Å²) in [5.41, 5.74) is 0. The van der Waals surface area contributed by atoms with Gasteiger partial charge in [0.1, 0.15) is 6.10 Å². The first-order chi connectivity index (χ1) is 12.3. The van der Waals surface area contributed by atoms with Gasteiger partial charge < -0.3 is 15.4 Å². The van der Waals surface area contributed by atoms with E-state index in [4.69, 9.17) is 4.74 Å². The molecule has 0 aliphatic carbocycles. The van der Waals surface area contributed by atoms with E-state index in [1.807, 2.05) is 0 Å². The molecule has 1 aromatic rings. The summed E-state index contributed by atoms with van der Waals surface area (Å²) in [4.78, 5) is 5.44. The summed E-state index contributed by atoms with van der Waals surface area (Å²) >= 11 is 0. The van der Waals surface area contributed by atoms with Crippen LogP contribution in [0.15, 0.2) is 29.3 Å². The van der Waals surface area contributed by atoms with Crippen LogP contribution in [-0.2, 0) is 0 Å². The number of hydrogen-bond donors (Lipinski definition) is 2. The van der Waals surface area contributed by atoms with Crippen molar-refractivity contribution in [3.05, 3.63) is 30.1 Å². The number of rotatable bonds is 6. The molecule has 1 heterocycles. The Morgan fingerprint density at radius 2 is 2.07 bits per heavy atom. The fourth-order valence-electron chi connectivity index (χ4n) is 2.77. The molecular formula is C17H25F4IN4O. The predicted octanol–water partition coefficient (Wildman–Crippen LogP) is 3.01. The Morgan fingerprint density at radius 3 is 2.70 bits per heavy atom. The first-order valence-corrected chi connectivity index (χ1v) is 8.44. The molecule has 27 heavy (non-hydrogen) atoms. The molecule has 1 aliphatic heterocycles. The van der Waals surface area contributed by atoms with Gasteiger partial charge in [0.25, 0.3) is 0 Å². The Kier molecular flexibility index (Phi) is 9.57. The van der Waals surface area contributed by atoms with Crippen LogP contribution in [0.2, 0.25) is 0 Å². The molecule has 2 unspecified atom stereocenters. The van der Waals surface area contributed by atoms with Crippen molar-refractivity contribution >= 4 is 29.9 Å². The van der Waals surface area contributed by atoms with Crippen molar-refractivity contribution in [2.24, 2.45) is 4.99 Å². The normalized spacial score (nSPS) is 19.3. The first kappa shape index (κ1) is 23.7. The van der Waals surface area contributed by atoms with E-state index in [9.17, 15) is 17.6 Å². The number of nitrogens with zero attached hydrogens (tertiary/aromatic N) is 2. The number of ether oxygens (including phenoxy) is 1. The zero-order chi connectivity index (χ0) is 19.2. The van der Waals surface area contributed by atoms with Crippen LogP contribution in [0.5, 0.6) is 5.75 Å². The van der Waals surface area contributed by atoms with Crippen molar-refractivity contribution in [1.29, 1.82) is 0 Å². The van der Waals surface area contributed by atoms with E-state index in [0.29, 0.717) is 32.0 Å². The van der Waals surface area contributed by atoms with Crippen LogP contribution in [0.25, 0.3) is 0 Å². The van der Waals surface area contributed by atoms with Crippen molar-refractivity contribution in [2.75, 3.05) is 33.2 Å². The molecule has 0 bridgehead atoms. The zero-order valence-electron chi connectivity index (χ0n) is 15.2. The van der Waals surface area contributed by atoms with Crippen LogP contribution in [-0.4, -0.2) is 62.4 Å². The van der Waals surface area contributed by atoms with Gasteiger partial charge in [0.2, 0.25) is 0 Å². The van der Waals surface area contributed by atoms with Gasteiger partial charge in [-0.15, -0.1) is 24.0 Å². The Hall–Kier alpha value is -1.30. The second-order valence-electron chi connectivity index (χ2n) is 6.29. The van der Waals surface area contributed by atoms with Gasteiger partial charge in [0, 0.05) is 26.2 Å². The highest BCUT2D eigenvalue weighted by atomic mass is 127. The Morgan fingerprint density at radius 1 is 1.37 bits per heavy atom. The summed E-state index contributed by atoms with van der Waals surface area (Å²) in [7, 11) is 1.58. The summed E-state index contributed by atoms with van der Waals surface area (Å²) in [5.74, 6) is 0.216. The van der Waals surface area contributed by atoms with Gasteiger partial charge in [0.15, 0.2) is 17.5 Å². The predicted molar refractivity (Wildman–Crippen MR) is 107 cm³/mol. The molecule has 0 saturated carbocycles. The second kappa shape index (κ2) is 10.9. The lowest BCUT2D eigenvalue weighted by molar-refractivity contribution is -0.143. The minimum Gasteiger partial charge on any atom is -0.486 e. The maximum Gasteiger partial charge on any atom is 0.401 e. The Balaban J connectivity index is 0.00000364. The number of hydrogen-bond acceptors (Lipinski definition) is 3. The third-order valence-corrected chi connectivity index (χ3v) is 3.96. The van der Waals surface area contributed by atoms with Gasteiger partial charge in [-0.2, -0.15) is 13.2 Å². The molecule has 1 saturated heterocycles. The lowest BCUT2D eigenvalue weighted by atomic mass is 10.3. The van der Waals surface area contributed by atoms with Gasteiger partial charge in [-0.1, -0.05) is 12.1 Å². The monoisotopic (exact) mass is 504 g/mol. The van der Waals surface area contributed by atoms with Gasteiger partial charge in [-0.25, -0.2) is 4.39 Å². The van der Waals surface area contributed by atoms with Gasteiger partial charge in [-0.05, 0) is 25.5 Å². The van der Waals surface area contributed by atoms with Crippen molar-refractivity contribution in [2.45, 2.75) is 31.7 Å². The standard InChI is InChI=1S/C17H24F4N4O.HI/c1-12(26-15-6-4-3-5-14(15)18)9-23-16(22-2)24-13-7-8-25(10-13)11-17(19,20)21;/h3-6,12-13H,7-11H2,1-2H3,(H2,22,23,24);1H. The van der Waals surface area contributed by atoms with E-state index in [2.05, 4.69) is 15.6 Å². The Labute approximate surface area is 173 Å². The SMILES string of the molecule is CN=C(NCC(C)Oc1ccccc1F)NC1CCN(CC(F)(F)F)C1.I. The lowest BCUT2D eigenvalue weighted by Crippen LogP contribution is -2.47. The van der Waals surface area contributed by atoms with E-state index in [1.165, 1.54) is 11.0 Å². The van der Waals surface area contributed by atoms with Gasteiger partial charge >= 0.3 is 6.18 Å². The average molecular weight is 504 g/mol. The third-order valence-electron chi connectivity index (χ3n) is 3.96. The summed E-state index contributed by atoms with van der Waals surface area (Å²) in [6.07, 6.45) is -3.90. The largest absolute Gasteiger partial charge is 0.486 e. The molecule has 0 radical (unpaired) electrons. The molecule has 1 aromatic carbocycles. The summed E-state index contributed by atoms with van der Waals surface area (Å²) in [6, 6.07) is 6.04. The van der Waals surface area contributed by atoms with Crippen LogP contribution >= 0.6 is 24.0 Å². The van der Waals surface area contributed by atoms with Gasteiger partial charge in [0.05, 0.1) is 13.1 Å². The second-order valence-corrected chi connectivity index (χ2v) is 6.29. The third kappa shape index (κ3) is 8.50. The minimum atomic E-state index is -4.19. The smallest absolute Gasteiger partial charge is 0.401 e. The molecular weight excluding hydrogens is 479 g/mol. The Bertz CT molecular complexity index is 615. The maximum atomic E-state index is 13.6. The fourth-order valence-corrected chi connectivity index (χ4v) is 2.77. The van der Waals surface area contributed by atoms with E-state index >= 15 is 0 Å². The number of benzene rings is 1. The molecule has 2 rings (SSSR count). The van der Waals surface area contributed by atoms with Crippen molar-refractivity contribution in [1.82, 2.24) is 15.5 Å². The lowest BCUT2D eigenvalue weighted by Gasteiger charge is -2.21. The number of aliphatic imine (C=N–C) groups is 1. The maximum absolute atomic E-state index is 13.6. The van der Waals surface area contributed by atoms with Crippen LogP contribution < -0.4 is 15.4 Å². The molecule has 0 aromatic heterocycles. The van der Waals surface area contributed by atoms with Crippen LogP contribution in [0, 0.1) is 5.82 Å². The van der Waals surface area contributed by atoms with E-state index in [-0.39, 0.29) is 41.9 Å². The number of guanidine groups is 1. The molecule has 0 spiro atoms. The topological polar surface area (TPSA) is 48.9 Å². The van der Waals surface area contributed by atoms with Gasteiger partial charge in [-0.3, -0.25) is 9.89 Å². The first-order valence-electron chi connectivity index (χ1n) is 8.44. The summed E-state index contributed by atoms with van der Waals surface area (Å²) < 4.78 is 56.4. The van der Waals surface area contributed by atoms with Crippen molar-refractivity contribution < 1.29 is 22.3 Å². The number of para-hydroxylation sites is 1. The number of likely N-dealkylation sites (tertiary alicyclic amines) is 1. The van der Waals surface area contributed by atoms with Crippen LogP contribution in [0.4, 0.5) is 17.6 Å². The molecule has 2 atom stereocenters. The highest BCUT2D eigenvalue weighted by Gasteiger charge is 2.34. The molecule has 0 amide bonds. The summed E-state index contributed by atoms with van der Waals surface area (Å²) in [6.45, 7) is 1.95. The number of nitrogens with one attached hydrogen (secondary N) is 2. The minimum absolute atomic E-state index is 0. The average Bonchev–Trinajstić information content (AvgIpc) is 2.98. The fraction of sp³-hybridized carbons (Fsp3) is 0.588. The molecule has 10 heteroatoms. The number of alkyl halides is 3. The number of halogens is 5. The molecule has 5 nitrogen and oxygen atoms in total. The van der Waals surface area contributed by atoms with E-state index in [1.54, 1.807) is 32.2 Å². The van der Waals surface area contributed by atoms with E-state index < -0.39 is 18.5 Å². The van der Waals surface area contributed by atoms with Crippen molar-refractivity contribution in [3.8, 4) is 5.75 Å².